The molecule has 1 aromatic rings. The Bertz CT molecular complexity index is 466. The summed E-state index contributed by atoms with van der Waals surface area (Å²) in [5.74, 6) is 0.537. The van der Waals surface area contributed by atoms with Crippen LogP contribution in [-0.4, -0.2) is 26.0 Å². The summed E-state index contributed by atoms with van der Waals surface area (Å²) in [4.78, 5) is 15.0. The molecule has 0 unspecified atom stereocenters. The van der Waals surface area contributed by atoms with E-state index < -0.39 is 0 Å². The summed E-state index contributed by atoms with van der Waals surface area (Å²) in [6.45, 7) is 5.79. The van der Waals surface area contributed by atoms with Gasteiger partial charge >= 0.3 is 0 Å². The molecule has 1 aliphatic carbocycles. The van der Waals surface area contributed by atoms with Crippen LogP contribution in [0.25, 0.3) is 0 Å². The number of hydrogen-bond acceptors (Lipinski definition) is 4. The molecule has 1 saturated carbocycles. The number of anilines is 2. The first kappa shape index (κ1) is 14.2. The van der Waals surface area contributed by atoms with E-state index in [-0.39, 0.29) is 5.91 Å². The Morgan fingerprint density at radius 3 is 2.68 bits per heavy atom. The van der Waals surface area contributed by atoms with Crippen molar-refractivity contribution >= 4 is 27.9 Å². The van der Waals surface area contributed by atoms with Crippen molar-refractivity contribution in [2.24, 2.45) is 0 Å². The van der Waals surface area contributed by atoms with Gasteiger partial charge in [0.25, 0.3) is 5.91 Å². The van der Waals surface area contributed by atoms with E-state index in [2.05, 4.69) is 24.2 Å². The van der Waals surface area contributed by atoms with Crippen LogP contribution in [0.15, 0.2) is 0 Å². The number of nitrogens with zero attached hydrogens (tertiary/aromatic N) is 1. The zero-order valence-electron chi connectivity index (χ0n) is 12.0. The molecule has 0 spiro atoms. The summed E-state index contributed by atoms with van der Waals surface area (Å²) in [6, 6.07) is 0. The smallest absolute Gasteiger partial charge is 0.263 e. The average Bonchev–Trinajstić information content (AvgIpc) is 3.18. The molecular weight excluding hydrogens is 258 g/mol. The molecule has 0 atom stereocenters. The minimum Gasteiger partial charge on any atom is -0.397 e. The number of hydrogen-bond donors (Lipinski definition) is 2. The van der Waals surface area contributed by atoms with Gasteiger partial charge in [0.15, 0.2) is 0 Å². The second-order valence-corrected chi connectivity index (χ2v) is 6.11. The third kappa shape index (κ3) is 2.86. The predicted octanol–water partition coefficient (Wildman–Crippen LogP) is 2.80. The van der Waals surface area contributed by atoms with Crippen LogP contribution in [0, 0.1) is 0 Å². The maximum Gasteiger partial charge on any atom is 0.263 e. The first-order valence-corrected chi connectivity index (χ1v) is 7.83. The van der Waals surface area contributed by atoms with Crippen LogP contribution in [0.5, 0.6) is 0 Å². The number of thiophene rings is 1. The van der Waals surface area contributed by atoms with Gasteiger partial charge in [-0.3, -0.25) is 4.79 Å². The molecule has 0 bridgehead atoms. The average molecular weight is 281 g/mol. The molecule has 3 N–H and O–H groups in total. The third-order valence-electron chi connectivity index (χ3n) is 3.51. The fourth-order valence-electron chi connectivity index (χ4n) is 2.13. The Hall–Kier alpha value is -1.23. The van der Waals surface area contributed by atoms with E-state index in [0.717, 1.165) is 13.0 Å². The van der Waals surface area contributed by atoms with Crippen molar-refractivity contribution in [1.82, 2.24) is 5.32 Å². The number of carbonyl (C=O) groups excluding carboxylic acids is 1. The van der Waals surface area contributed by atoms with Crippen LogP contribution in [-0.2, 0) is 0 Å². The number of nitrogen functional groups attached to an aromatic ring is 1. The molecule has 19 heavy (non-hydrogen) atoms. The molecule has 5 heteroatoms. The van der Waals surface area contributed by atoms with E-state index in [1.54, 1.807) is 0 Å². The molecule has 4 nitrogen and oxygen atoms in total. The second kappa shape index (κ2) is 5.82. The van der Waals surface area contributed by atoms with Crippen LogP contribution in [0.2, 0.25) is 0 Å². The summed E-state index contributed by atoms with van der Waals surface area (Å²) < 4.78 is 0. The summed E-state index contributed by atoms with van der Waals surface area (Å²) in [7, 11) is 2.06. The third-order valence-corrected chi connectivity index (χ3v) is 4.85. The summed E-state index contributed by atoms with van der Waals surface area (Å²) >= 11 is 1.53. The van der Waals surface area contributed by atoms with Crippen molar-refractivity contribution in [3.63, 3.8) is 0 Å². The highest BCUT2D eigenvalue weighted by molar-refractivity contribution is 7.18. The SMILES string of the molecule is CCCNC(=O)c1sc(N(C)CC)c(C2CC2)c1N. The van der Waals surface area contributed by atoms with Gasteiger partial charge in [0.05, 0.1) is 10.7 Å². The minimum absolute atomic E-state index is 0.0259. The Kier molecular flexibility index (Phi) is 4.34. The van der Waals surface area contributed by atoms with Crippen LogP contribution < -0.4 is 16.0 Å². The molecule has 1 fully saturated rings. The van der Waals surface area contributed by atoms with Crippen molar-refractivity contribution < 1.29 is 4.79 Å². The summed E-state index contributed by atoms with van der Waals surface area (Å²) in [6.07, 6.45) is 3.33. The Morgan fingerprint density at radius 2 is 2.16 bits per heavy atom. The van der Waals surface area contributed by atoms with E-state index in [1.165, 1.54) is 34.7 Å². The fraction of sp³-hybridized carbons (Fsp3) is 0.643. The van der Waals surface area contributed by atoms with E-state index in [1.807, 2.05) is 6.92 Å². The predicted molar refractivity (Wildman–Crippen MR) is 82.3 cm³/mol. The first-order chi connectivity index (χ1) is 9.10. The largest absolute Gasteiger partial charge is 0.397 e. The number of nitrogens with two attached hydrogens (primary N) is 1. The van der Waals surface area contributed by atoms with Gasteiger partial charge in [-0.05, 0) is 32.1 Å². The molecule has 1 heterocycles. The van der Waals surface area contributed by atoms with Gasteiger partial charge in [0.1, 0.15) is 4.88 Å². The molecule has 0 aromatic carbocycles. The Labute approximate surface area is 119 Å². The van der Waals surface area contributed by atoms with E-state index in [0.29, 0.717) is 23.0 Å². The van der Waals surface area contributed by atoms with Crippen molar-refractivity contribution in [3.8, 4) is 0 Å². The zero-order chi connectivity index (χ0) is 14.0. The molecule has 106 valence electrons. The summed E-state index contributed by atoms with van der Waals surface area (Å²) in [5.41, 5.74) is 8.14. The van der Waals surface area contributed by atoms with Gasteiger partial charge in [-0.1, -0.05) is 6.92 Å². The highest BCUT2D eigenvalue weighted by atomic mass is 32.1. The van der Waals surface area contributed by atoms with Crippen molar-refractivity contribution in [1.29, 1.82) is 0 Å². The van der Waals surface area contributed by atoms with Crippen LogP contribution in [0.3, 0.4) is 0 Å². The fourth-order valence-corrected chi connectivity index (χ4v) is 3.37. The van der Waals surface area contributed by atoms with E-state index >= 15 is 0 Å². The monoisotopic (exact) mass is 281 g/mol. The molecule has 0 aliphatic heterocycles. The lowest BCUT2D eigenvalue weighted by Gasteiger charge is -2.16. The topological polar surface area (TPSA) is 58.4 Å². The Balaban J connectivity index is 2.32. The van der Waals surface area contributed by atoms with Crippen molar-refractivity contribution in [2.45, 2.75) is 39.0 Å². The van der Waals surface area contributed by atoms with Crippen LogP contribution in [0.1, 0.15) is 54.3 Å². The van der Waals surface area contributed by atoms with Gasteiger partial charge < -0.3 is 16.0 Å². The van der Waals surface area contributed by atoms with Crippen LogP contribution in [0.4, 0.5) is 10.7 Å². The van der Waals surface area contributed by atoms with Crippen LogP contribution >= 0.6 is 11.3 Å². The maximum atomic E-state index is 12.1. The standard InChI is InChI=1S/C14H23N3OS/c1-4-8-16-13(18)12-11(15)10(9-6-7-9)14(19-12)17(3)5-2/h9H,4-8,15H2,1-3H3,(H,16,18). The highest BCUT2D eigenvalue weighted by Crippen LogP contribution is 2.51. The number of carbonyl (C=O) groups is 1. The molecular formula is C14H23N3OS. The lowest BCUT2D eigenvalue weighted by Crippen LogP contribution is -2.23. The lowest BCUT2D eigenvalue weighted by molar-refractivity contribution is 0.0958. The van der Waals surface area contributed by atoms with E-state index in [9.17, 15) is 4.79 Å². The van der Waals surface area contributed by atoms with Gasteiger partial charge in [-0.2, -0.15) is 0 Å². The Morgan fingerprint density at radius 1 is 1.47 bits per heavy atom. The quantitative estimate of drug-likeness (QED) is 0.843. The second-order valence-electron chi connectivity index (χ2n) is 5.11. The van der Waals surface area contributed by atoms with Crippen molar-refractivity contribution in [3.05, 3.63) is 10.4 Å². The molecule has 0 radical (unpaired) electrons. The molecule has 2 rings (SSSR count). The number of nitrogens with one attached hydrogen (secondary N) is 1. The van der Waals surface area contributed by atoms with E-state index in [4.69, 9.17) is 5.73 Å². The number of rotatable bonds is 6. The summed E-state index contributed by atoms with van der Waals surface area (Å²) in [5, 5.41) is 4.09. The first-order valence-electron chi connectivity index (χ1n) is 7.01. The highest BCUT2D eigenvalue weighted by Gasteiger charge is 2.33. The van der Waals surface area contributed by atoms with Gasteiger partial charge in [0, 0.05) is 25.7 Å². The molecule has 1 aliphatic rings. The molecule has 1 aromatic heterocycles. The minimum atomic E-state index is -0.0259. The van der Waals surface area contributed by atoms with Gasteiger partial charge in [-0.15, -0.1) is 11.3 Å². The molecule has 0 saturated heterocycles. The normalized spacial score (nSPS) is 14.5. The number of amides is 1. The van der Waals surface area contributed by atoms with Gasteiger partial charge in [-0.25, -0.2) is 0 Å². The molecule has 1 amide bonds. The van der Waals surface area contributed by atoms with Crippen molar-refractivity contribution in [2.75, 3.05) is 30.8 Å². The maximum absolute atomic E-state index is 12.1. The zero-order valence-corrected chi connectivity index (χ0v) is 12.8. The lowest BCUT2D eigenvalue weighted by atomic mass is 10.1. The van der Waals surface area contributed by atoms with Gasteiger partial charge in [0.2, 0.25) is 0 Å².